The van der Waals surface area contributed by atoms with Crippen LogP contribution in [0.3, 0.4) is 0 Å². The Hall–Kier alpha value is -5.92. The molecule has 0 bridgehead atoms. The van der Waals surface area contributed by atoms with E-state index in [9.17, 15) is 14.4 Å². The van der Waals surface area contributed by atoms with Crippen molar-refractivity contribution in [3.8, 4) is 33.4 Å². The van der Waals surface area contributed by atoms with Crippen LogP contribution in [0.25, 0.3) is 33.4 Å². The lowest BCUT2D eigenvalue weighted by Crippen LogP contribution is -2.39. The van der Waals surface area contributed by atoms with E-state index in [-0.39, 0.29) is 6.61 Å². The number of esters is 3. The van der Waals surface area contributed by atoms with Crippen molar-refractivity contribution < 1.29 is 28.6 Å². The van der Waals surface area contributed by atoms with Gasteiger partial charge in [0.05, 0.1) is 21.9 Å². The fourth-order valence-electron chi connectivity index (χ4n) is 5.97. The van der Waals surface area contributed by atoms with Crippen molar-refractivity contribution in [1.29, 1.82) is 0 Å². The molecule has 7 rings (SSSR count). The van der Waals surface area contributed by atoms with Gasteiger partial charge in [0.25, 0.3) is 0 Å². The minimum absolute atomic E-state index is 0.0331. The van der Waals surface area contributed by atoms with Crippen molar-refractivity contribution in [2.75, 3.05) is 12.4 Å². The summed E-state index contributed by atoms with van der Waals surface area (Å²) in [5.74, 6) is -1.20. The van der Waals surface area contributed by atoms with Crippen LogP contribution in [0.2, 0.25) is 0 Å². The number of carbonyl (C=O) groups is 3. The van der Waals surface area contributed by atoms with Crippen LogP contribution >= 0.6 is 11.8 Å². The minimum atomic E-state index is -0.850. The first kappa shape index (κ1) is 33.6. The smallest absolute Gasteiger partial charge is 0.338 e. The predicted octanol–water partition coefficient (Wildman–Crippen LogP) is 9.41. The lowest BCUT2D eigenvalue weighted by atomic mass is 10.0. The molecule has 0 radical (unpaired) electrons. The Bertz CT molecular complexity index is 2080. The molecule has 0 N–H and O–H groups in total. The molecule has 0 spiro atoms. The summed E-state index contributed by atoms with van der Waals surface area (Å²) in [4.78, 5) is 39.9. The van der Waals surface area contributed by atoms with E-state index in [4.69, 9.17) is 14.2 Å². The van der Waals surface area contributed by atoms with Crippen molar-refractivity contribution in [3.05, 3.63) is 180 Å². The average molecular weight is 691 g/mol. The highest BCUT2D eigenvalue weighted by Crippen LogP contribution is 2.34. The molecule has 6 aromatic rings. The summed E-state index contributed by atoms with van der Waals surface area (Å²) in [5.41, 5.74) is 7.21. The molecule has 252 valence electrons. The number of benzene rings is 6. The van der Waals surface area contributed by atoms with Crippen molar-refractivity contribution in [3.63, 3.8) is 0 Å². The largest absolute Gasteiger partial charge is 0.461 e. The molecule has 0 aromatic heterocycles. The molecular formula is C44H34O6S. The van der Waals surface area contributed by atoms with Gasteiger partial charge in [-0.25, -0.2) is 14.4 Å². The number of carbonyl (C=O) groups excluding carboxylic acids is 3. The Kier molecular flexibility index (Phi) is 10.4. The highest BCUT2D eigenvalue weighted by molar-refractivity contribution is 8.00. The highest BCUT2D eigenvalue weighted by Gasteiger charge is 2.43. The van der Waals surface area contributed by atoms with Crippen molar-refractivity contribution in [2.45, 2.75) is 17.5 Å². The van der Waals surface area contributed by atoms with Gasteiger partial charge in [-0.15, -0.1) is 11.8 Å². The Balaban J connectivity index is 1.05. The molecule has 0 saturated carbocycles. The van der Waals surface area contributed by atoms with Gasteiger partial charge in [-0.2, -0.15) is 0 Å². The lowest BCUT2D eigenvalue weighted by Gasteiger charge is -2.24. The van der Waals surface area contributed by atoms with E-state index in [0.717, 1.165) is 33.4 Å². The Labute approximate surface area is 301 Å². The van der Waals surface area contributed by atoms with Gasteiger partial charge in [0.2, 0.25) is 0 Å². The Morgan fingerprint density at radius 3 is 1.22 bits per heavy atom. The topological polar surface area (TPSA) is 78.9 Å². The van der Waals surface area contributed by atoms with Gasteiger partial charge in [-0.1, -0.05) is 127 Å². The van der Waals surface area contributed by atoms with Gasteiger partial charge in [-0.3, -0.25) is 0 Å². The molecule has 7 heteroatoms. The molecular weight excluding hydrogens is 657 g/mol. The molecule has 1 fully saturated rings. The second-order valence-corrected chi connectivity index (χ2v) is 13.4. The maximum Gasteiger partial charge on any atom is 0.338 e. The molecule has 1 aliphatic rings. The third kappa shape index (κ3) is 8.11. The van der Waals surface area contributed by atoms with Crippen LogP contribution in [0, 0.1) is 0 Å². The number of ether oxygens (including phenoxy) is 3. The van der Waals surface area contributed by atoms with Crippen LogP contribution in [-0.4, -0.2) is 47.7 Å². The molecule has 6 aromatic carbocycles. The third-order valence-corrected chi connectivity index (χ3v) is 10.1. The maximum atomic E-state index is 13.5. The molecule has 1 saturated heterocycles. The zero-order valence-corrected chi connectivity index (χ0v) is 28.4. The molecule has 6 nitrogen and oxygen atoms in total. The first-order chi connectivity index (χ1) is 25.0. The first-order valence-electron chi connectivity index (χ1n) is 16.7. The zero-order valence-electron chi connectivity index (χ0n) is 27.6. The van der Waals surface area contributed by atoms with Gasteiger partial charge in [0.1, 0.15) is 12.7 Å². The summed E-state index contributed by atoms with van der Waals surface area (Å²) in [7, 11) is 0. The van der Waals surface area contributed by atoms with Gasteiger partial charge in [-0.05, 0) is 69.8 Å². The summed E-state index contributed by atoms with van der Waals surface area (Å²) in [6, 6.07) is 51.3. The SMILES string of the molecule is O=C(OC[C@@H]1SC[C@@H](OC(=O)c2ccc(-c3ccccc3)cc2)[C@@H]1OC(=O)c1ccc(-c2ccccc2)cc1)c1ccc(-c2ccccc2)cc1. The fourth-order valence-corrected chi connectivity index (χ4v) is 7.25. The second-order valence-electron chi connectivity index (χ2n) is 12.1. The molecule has 0 aliphatic carbocycles. The van der Waals surface area contributed by atoms with Gasteiger partial charge < -0.3 is 14.2 Å². The van der Waals surface area contributed by atoms with E-state index in [0.29, 0.717) is 22.4 Å². The van der Waals surface area contributed by atoms with E-state index < -0.39 is 35.4 Å². The summed E-state index contributed by atoms with van der Waals surface area (Å²) in [6.45, 7) is -0.0331. The van der Waals surface area contributed by atoms with Gasteiger partial charge in [0.15, 0.2) is 6.10 Å². The van der Waals surface area contributed by atoms with Crippen LogP contribution in [0.5, 0.6) is 0 Å². The maximum absolute atomic E-state index is 13.5. The number of hydrogen-bond acceptors (Lipinski definition) is 7. The Morgan fingerprint density at radius 2 is 0.804 bits per heavy atom. The summed E-state index contributed by atoms with van der Waals surface area (Å²) < 4.78 is 17.8. The number of hydrogen-bond donors (Lipinski definition) is 0. The predicted molar refractivity (Wildman–Crippen MR) is 201 cm³/mol. The van der Waals surface area contributed by atoms with Crippen molar-refractivity contribution >= 4 is 29.7 Å². The summed E-state index contributed by atoms with van der Waals surface area (Å²) in [6.07, 6.45) is -1.60. The van der Waals surface area contributed by atoms with Crippen molar-refractivity contribution in [2.24, 2.45) is 0 Å². The molecule has 0 amide bonds. The van der Waals surface area contributed by atoms with E-state index in [1.165, 1.54) is 11.8 Å². The van der Waals surface area contributed by atoms with Crippen molar-refractivity contribution in [1.82, 2.24) is 0 Å². The number of rotatable bonds is 10. The minimum Gasteiger partial charge on any atom is -0.461 e. The zero-order chi connectivity index (χ0) is 35.0. The average Bonchev–Trinajstić information content (AvgIpc) is 3.57. The van der Waals surface area contributed by atoms with Crippen LogP contribution < -0.4 is 0 Å². The van der Waals surface area contributed by atoms with E-state index in [2.05, 4.69) is 0 Å². The molecule has 1 heterocycles. The second kappa shape index (κ2) is 15.7. The third-order valence-electron chi connectivity index (χ3n) is 8.77. The van der Waals surface area contributed by atoms with Crippen LogP contribution in [-0.2, 0) is 14.2 Å². The van der Waals surface area contributed by atoms with E-state index >= 15 is 0 Å². The fraction of sp³-hybridized carbons (Fsp3) is 0.114. The quantitative estimate of drug-likeness (QED) is 0.105. The highest BCUT2D eigenvalue weighted by atomic mass is 32.2. The molecule has 3 atom stereocenters. The first-order valence-corrected chi connectivity index (χ1v) is 17.7. The van der Waals surface area contributed by atoms with Crippen LogP contribution in [0.15, 0.2) is 164 Å². The van der Waals surface area contributed by atoms with Gasteiger partial charge >= 0.3 is 17.9 Å². The molecule has 51 heavy (non-hydrogen) atoms. The van der Waals surface area contributed by atoms with Crippen LogP contribution in [0.4, 0.5) is 0 Å². The normalized spacial score (nSPS) is 16.6. The standard InChI is InChI=1S/C44H34O6S/c45-42(36-22-16-33(17-23-36)30-10-4-1-5-11-30)48-28-40-41(50-44(47)38-26-20-35(21-27-38)32-14-8-3-9-15-32)39(29-51-40)49-43(46)37-24-18-34(19-25-37)31-12-6-2-7-13-31/h1-27,39-41H,28-29H2/t39-,40+,41+/m1/s1. The molecule has 0 unspecified atom stereocenters. The van der Waals surface area contributed by atoms with Gasteiger partial charge in [0, 0.05) is 5.75 Å². The van der Waals surface area contributed by atoms with E-state index in [1.54, 1.807) is 36.4 Å². The van der Waals surface area contributed by atoms with Crippen LogP contribution in [0.1, 0.15) is 31.1 Å². The summed E-state index contributed by atoms with van der Waals surface area (Å²) in [5, 5.41) is -0.455. The monoisotopic (exact) mass is 690 g/mol. The van der Waals surface area contributed by atoms with E-state index in [1.807, 2.05) is 127 Å². The Morgan fingerprint density at radius 1 is 0.451 bits per heavy atom. The molecule has 1 aliphatic heterocycles. The summed E-state index contributed by atoms with van der Waals surface area (Å²) >= 11 is 1.44. The lowest BCUT2D eigenvalue weighted by molar-refractivity contribution is -0.0295. The number of thioether (sulfide) groups is 1.